The highest BCUT2D eigenvalue weighted by Gasteiger charge is 2.38. The van der Waals surface area contributed by atoms with Crippen molar-refractivity contribution in [3.8, 4) is 11.5 Å². The van der Waals surface area contributed by atoms with E-state index in [0.717, 1.165) is 11.1 Å². The Morgan fingerprint density at radius 2 is 1.93 bits per heavy atom. The Morgan fingerprint density at radius 3 is 2.71 bits per heavy atom. The fraction of sp³-hybridized carbons (Fsp3) is 0.200. The van der Waals surface area contributed by atoms with E-state index in [4.69, 9.17) is 21.7 Å². The van der Waals surface area contributed by atoms with Crippen LogP contribution < -0.4 is 19.7 Å². The molecule has 7 nitrogen and oxygen atoms in total. The molecule has 1 atom stereocenters. The van der Waals surface area contributed by atoms with Crippen molar-refractivity contribution in [3.05, 3.63) is 53.6 Å². The number of anilines is 1. The number of ether oxygens (including phenoxy) is 2. The molecule has 1 unspecified atom stereocenters. The van der Waals surface area contributed by atoms with Crippen LogP contribution in [-0.4, -0.2) is 29.9 Å². The van der Waals surface area contributed by atoms with Crippen LogP contribution >= 0.6 is 12.2 Å². The number of hydrogen-bond acceptors (Lipinski definition) is 6. The number of carbonyl (C=O) groups excluding carboxylic acids is 2. The van der Waals surface area contributed by atoms with Crippen molar-refractivity contribution in [2.45, 2.75) is 13.5 Å². The maximum absolute atomic E-state index is 12.9. The molecule has 142 valence electrons. The number of aliphatic imine (C=N–C) groups is 1. The van der Waals surface area contributed by atoms with E-state index in [1.54, 1.807) is 12.1 Å². The lowest BCUT2D eigenvalue weighted by molar-refractivity contribution is -0.130. The van der Waals surface area contributed by atoms with Crippen molar-refractivity contribution in [2.24, 2.45) is 10.9 Å². The maximum atomic E-state index is 12.9. The van der Waals surface area contributed by atoms with Gasteiger partial charge in [0.25, 0.3) is 5.91 Å². The number of hydrogen-bond donors (Lipinski definition) is 1. The molecule has 0 saturated carbocycles. The van der Waals surface area contributed by atoms with Crippen molar-refractivity contribution < 1.29 is 19.1 Å². The monoisotopic (exact) mass is 395 g/mol. The molecule has 8 heteroatoms. The van der Waals surface area contributed by atoms with Crippen LogP contribution in [0.2, 0.25) is 0 Å². The summed E-state index contributed by atoms with van der Waals surface area (Å²) >= 11 is 5.19. The maximum Gasteiger partial charge on any atom is 0.251 e. The molecule has 1 saturated heterocycles. The summed E-state index contributed by atoms with van der Waals surface area (Å²) < 4.78 is 10.6. The average molecular weight is 395 g/mol. The Kier molecular flexibility index (Phi) is 4.79. The molecule has 1 N–H and O–H groups in total. The molecule has 2 aromatic carbocycles. The number of benzene rings is 2. The minimum atomic E-state index is -1.04. The lowest BCUT2D eigenvalue weighted by Gasteiger charge is -2.31. The second-order valence-corrected chi connectivity index (χ2v) is 6.85. The van der Waals surface area contributed by atoms with Gasteiger partial charge in [-0.1, -0.05) is 23.8 Å². The van der Waals surface area contributed by atoms with Gasteiger partial charge in [0.05, 0.1) is 12.2 Å². The Hall–Kier alpha value is -3.26. The van der Waals surface area contributed by atoms with Gasteiger partial charge in [0, 0.05) is 6.21 Å². The average Bonchev–Trinajstić information content (AvgIpc) is 3.13. The van der Waals surface area contributed by atoms with Crippen molar-refractivity contribution >= 4 is 41.0 Å². The van der Waals surface area contributed by atoms with Gasteiger partial charge in [-0.25, -0.2) is 0 Å². The normalized spacial score (nSPS) is 18.7. The lowest BCUT2D eigenvalue weighted by Crippen LogP contribution is -2.58. The Bertz CT molecular complexity index is 987. The fourth-order valence-electron chi connectivity index (χ4n) is 2.96. The summed E-state index contributed by atoms with van der Waals surface area (Å²) in [5, 5.41) is 2.64. The summed E-state index contributed by atoms with van der Waals surface area (Å²) in [6.45, 7) is 2.46. The third-order valence-corrected chi connectivity index (χ3v) is 4.74. The fourth-order valence-corrected chi connectivity index (χ4v) is 3.26. The van der Waals surface area contributed by atoms with Crippen LogP contribution in [0.5, 0.6) is 11.5 Å². The molecular formula is C20H17N3O4S. The van der Waals surface area contributed by atoms with Gasteiger partial charge in [-0.3, -0.25) is 19.5 Å². The Balaban J connectivity index is 1.50. The molecule has 2 aliphatic rings. The molecule has 2 aliphatic heterocycles. The van der Waals surface area contributed by atoms with Crippen LogP contribution in [0.3, 0.4) is 0 Å². The van der Waals surface area contributed by atoms with E-state index in [-0.39, 0.29) is 11.9 Å². The number of nitrogens with zero attached hydrogens (tertiary/aromatic N) is 2. The molecule has 4 rings (SSSR count). The summed E-state index contributed by atoms with van der Waals surface area (Å²) in [5.41, 5.74) is 2.55. The third kappa shape index (κ3) is 3.46. The van der Waals surface area contributed by atoms with Gasteiger partial charge in [-0.15, -0.1) is 0 Å². The summed E-state index contributed by atoms with van der Waals surface area (Å²) in [7, 11) is 0. The zero-order chi connectivity index (χ0) is 19.7. The van der Waals surface area contributed by atoms with Gasteiger partial charge in [0.15, 0.2) is 22.5 Å². The number of rotatable bonds is 4. The first-order valence-corrected chi connectivity index (χ1v) is 9.08. The smallest absolute Gasteiger partial charge is 0.251 e. The number of carbonyl (C=O) groups is 2. The number of fused-ring (bicyclic) bond motifs is 1. The van der Waals surface area contributed by atoms with E-state index in [2.05, 4.69) is 10.3 Å². The van der Waals surface area contributed by atoms with Crippen LogP contribution in [0.15, 0.2) is 47.5 Å². The predicted octanol–water partition coefficient (Wildman–Crippen LogP) is 2.36. The molecule has 1 fully saturated rings. The molecule has 2 amide bonds. The molecule has 2 heterocycles. The highest BCUT2D eigenvalue weighted by Crippen LogP contribution is 2.32. The number of nitrogens with one attached hydrogen (secondary N) is 1. The van der Waals surface area contributed by atoms with Gasteiger partial charge in [0.1, 0.15) is 0 Å². The van der Waals surface area contributed by atoms with Crippen molar-refractivity contribution in [2.75, 3.05) is 11.7 Å². The minimum absolute atomic E-state index is 0.0688. The highest BCUT2D eigenvalue weighted by atomic mass is 32.1. The summed E-state index contributed by atoms with van der Waals surface area (Å²) in [5.74, 6) is -0.589. The topological polar surface area (TPSA) is 80.2 Å². The summed E-state index contributed by atoms with van der Waals surface area (Å²) in [6.07, 6.45) is 1.37. The lowest BCUT2D eigenvalue weighted by atomic mass is 10.1. The minimum Gasteiger partial charge on any atom is -0.454 e. The van der Waals surface area contributed by atoms with E-state index in [1.807, 2.05) is 37.3 Å². The second-order valence-electron chi connectivity index (χ2n) is 6.46. The molecule has 28 heavy (non-hydrogen) atoms. The van der Waals surface area contributed by atoms with Crippen LogP contribution in [0.1, 0.15) is 11.1 Å². The van der Waals surface area contributed by atoms with Crippen LogP contribution in [0.4, 0.5) is 5.69 Å². The summed E-state index contributed by atoms with van der Waals surface area (Å²) in [6, 6.07) is 12.8. The van der Waals surface area contributed by atoms with Gasteiger partial charge >= 0.3 is 0 Å². The Labute approximate surface area is 167 Å². The van der Waals surface area contributed by atoms with Crippen LogP contribution in [-0.2, 0) is 16.1 Å². The number of thiocarbonyl (C=S) groups is 1. The van der Waals surface area contributed by atoms with E-state index >= 15 is 0 Å². The van der Waals surface area contributed by atoms with E-state index < -0.39 is 17.7 Å². The number of aryl methyl sites for hydroxylation is 1. The quantitative estimate of drug-likeness (QED) is 0.488. The molecule has 0 aromatic heterocycles. The van der Waals surface area contributed by atoms with E-state index in [9.17, 15) is 9.59 Å². The highest BCUT2D eigenvalue weighted by molar-refractivity contribution is 7.80. The molecule has 2 aromatic rings. The van der Waals surface area contributed by atoms with Gasteiger partial charge in [-0.2, -0.15) is 0 Å². The first kappa shape index (κ1) is 18.1. The van der Waals surface area contributed by atoms with Gasteiger partial charge in [-0.05, 0) is 49.0 Å². The SMILES string of the molecule is Cc1ccc(N2C(=O)C(C=NCc3ccc4c(c3)OCO4)C(=O)NC2=S)cc1. The van der Waals surface area contributed by atoms with Crippen LogP contribution in [0.25, 0.3) is 0 Å². The summed E-state index contributed by atoms with van der Waals surface area (Å²) in [4.78, 5) is 30.8. The largest absolute Gasteiger partial charge is 0.454 e. The number of amides is 2. The van der Waals surface area contributed by atoms with Crippen molar-refractivity contribution in [3.63, 3.8) is 0 Å². The third-order valence-electron chi connectivity index (χ3n) is 4.46. The molecule has 0 bridgehead atoms. The second kappa shape index (κ2) is 7.40. The molecule has 0 spiro atoms. The van der Waals surface area contributed by atoms with E-state index in [1.165, 1.54) is 11.1 Å². The first-order valence-electron chi connectivity index (χ1n) is 8.67. The Morgan fingerprint density at radius 1 is 1.18 bits per heavy atom. The zero-order valence-corrected chi connectivity index (χ0v) is 15.9. The van der Waals surface area contributed by atoms with E-state index in [0.29, 0.717) is 23.7 Å². The van der Waals surface area contributed by atoms with Crippen LogP contribution in [0, 0.1) is 12.8 Å². The molecule has 0 radical (unpaired) electrons. The molecular weight excluding hydrogens is 378 g/mol. The van der Waals surface area contributed by atoms with Crippen molar-refractivity contribution in [1.29, 1.82) is 0 Å². The first-order chi connectivity index (χ1) is 13.5. The van der Waals surface area contributed by atoms with Crippen molar-refractivity contribution in [1.82, 2.24) is 5.32 Å². The standard InChI is InChI=1S/C20H17N3O4S/c1-12-2-5-14(6-3-12)23-19(25)15(18(24)22-20(23)28)10-21-9-13-4-7-16-17(8-13)27-11-26-16/h2-8,10,15H,9,11H2,1H3,(H,22,24,28). The van der Waals surface area contributed by atoms with Gasteiger partial charge in [0.2, 0.25) is 12.7 Å². The van der Waals surface area contributed by atoms with Gasteiger partial charge < -0.3 is 14.8 Å². The molecule has 0 aliphatic carbocycles. The zero-order valence-electron chi connectivity index (χ0n) is 15.0. The predicted molar refractivity (Wildman–Crippen MR) is 108 cm³/mol.